The van der Waals surface area contributed by atoms with Crippen LogP contribution in [0.25, 0.3) is 0 Å². The molecule has 2 heterocycles. The Balaban J connectivity index is 1.73. The zero-order valence-electron chi connectivity index (χ0n) is 10.2. The zero-order chi connectivity index (χ0) is 11.4. The van der Waals surface area contributed by atoms with Gasteiger partial charge in [0.1, 0.15) is 0 Å². The van der Waals surface area contributed by atoms with Gasteiger partial charge in [0.25, 0.3) is 0 Å². The van der Waals surface area contributed by atoms with E-state index in [2.05, 4.69) is 35.3 Å². The molecule has 1 unspecified atom stereocenters. The van der Waals surface area contributed by atoms with Crippen molar-refractivity contribution < 1.29 is 0 Å². The Hall–Kier alpha value is -0.480. The van der Waals surface area contributed by atoms with Crippen molar-refractivity contribution >= 4 is 11.8 Å². The van der Waals surface area contributed by atoms with Crippen molar-refractivity contribution in [3.8, 4) is 0 Å². The average molecular weight is 239 g/mol. The van der Waals surface area contributed by atoms with Crippen LogP contribution in [0.4, 0.5) is 0 Å². The number of hydrogen-bond acceptors (Lipinski definition) is 3. The first-order valence-electron chi connectivity index (χ1n) is 6.07. The number of nitrogens with one attached hydrogen (secondary N) is 1. The summed E-state index contributed by atoms with van der Waals surface area (Å²) in [6.45, 7) is 4.17. The predicted octanol–water partition coefficient (Wildman–Crippen LogP) is 2.10. The van der Waals surface area contributed by atoms with E-state index in [0.29, 0.717) is 0 Å². The average Bonchev–Trinajstić information content (AvgIpc) is 2.59. The molecule has 4 heteroatoms. The van der Waals surface area contributed by atoms with E-state index >= 15 is 0 Å². The first-order chi connectivity index (χ1) is 7.75. The Bertz CT molecular complexity index is 329. The number of nitrogens with zero attached hydrogens (tertiary/aromatic N) is 2. The molecule has 0 bridgehead atoms. The van der Waals surface area contributed by atoms with E-state index in [1.807, 2.05) is 11.7 Å². The maximum atomic E-state index is 4.35. The monoisotopic (exact) mass is 239 g/mol. The van der Waals surface area contributed by atoms with E-state index in [0.717, 1.165) is 24.0 Å². The number of thioether (sulfide) groups is 1. The van der Waals surface area contributed by atoms with E-state index in [1.54, 1.807) is 0 Å². The summed E-state index contributed by atoms with van der Waals surface area (Å²) in [4.78, 5) is 0. The minimum absolute atomic E-state index is 0.825. The highest BCUT2D eigenvalue weighted by atomic mass is 32.2. The molecule has 0 aliphatic carbocycles. The van der Waals surface area contributed by atoms with E-state index in [4.69, 9.17) is 0 Å². The maximum absolute atomic E-state index is 4.35. The van der Waals surface area contributed by atoms with Crippen molar-refractivity contribution in [3.05, 3.63) is 17.5 Å². The summed E-state index contributed by atoms with van der Waals surface area (Å²) in [5.41, 5.74) is 2.47. The summed E-state index contributed by atoms with van der Waals surface area (Å²) in [7, 11) is 1.98. The Morgan fingerprint density at radius 1 is 1.56 bits per heavy atom. The third-order valence-corrected chi connectivity index (χ3v) is 4.47. The smallest absolute Gasteiger partial charge is 0.0638 e. The van der Waals surface area contributed by atoms with Gasteiger partial charge >= 0.3 is 0 Å². The van der Waals surface area contributed by atoms with Crippen molar-refractivity contribution in [1.29, 1.82) is 0 Å². The molecule has 1 fully saturated rings. The third kappa shape index (κ3) is 3.25. The highest BCUT2D eigenvalue weighted by molar-refractivity contribution is 7.99. The van der Waals surface area contributed by atoms with Gasteiger partial charge in [-0.25, -0.2) is 0 Å². The second-order valence-electron chi connectivity index (χ2n) is 4.53. The van der Waals surface area contributed by atoms with Gasteiger partial charge in [-0.15, -0.1) is 0 Å². The fourth-order valence-electron chi connectivity index (χ4n) is 2.16. The van der Waals surface area contributed by atoms with Crippen LogP contribution in [0.2, 0.25) is 0 Å². The van der Waals surface area contributed by atoms with Crippen molar-refractivity contribution in [2.24, 2.45) is 7.05 Å². The van der Waals surface area contributed by atoms with Gasteiger partial charge in [0.2, 0.25) is 0 Å². The Morgan fingerprint density at radius 2 is 2.44 bits per heavy atom. The first-order valence-corrected chi connectivity index (χ1v) is 7.12. The molecule has 1 N–H and O–H groups in total. The summed E-state index contributed by atoms with van der Waals surface area (Å²) >= 11 is 2.12. The summed E-state index contributed by atoms with van der Waals surface area (Å²) in [6, 6.07) is 0. The van der Waals surface area contributed by atoms with Crippen molar-refractivity contribution in [2.45, 2.75) is 38.0 Å². The van der Waals surface area contributed by atoms with Gasteiger partial charge in [-0.1, -0.05) is 6.42 Å². The van der Waals surface area contributed by atoms with Gasteiger partial charge in [-0.2, -0.15) is 16.9 Å². The van der Waals surface area contributed by atoms with Crippen LogP contribution in [-0.4, -0.2) is 27.3 Å². The Morgan fingerprint density at radius 3 is 3.06 bits per heavy atom. The van der Waals surface area contributed by atoms with Gasteiger partial charge in [0.05, 0.1) is 5.69 Å². The van der Waals surface area contributed by atoms with Crippen LogP contribution >= 0.6 is 11.8 Å². The first kappa shape index (κ1) is 12.0. The van der Waals surface area contributed by atoms with Crippen molar-refractivity contribution in [2.75, 3.05) is 12.3 Å². The lowest BCUT2D eigenvalue weighted by atomic mass is 10.2. The predicted molar refractivity (Wildman–Crippen MR) is 69.7 cm³/mol. The number of aryl methyl sites for hydroxylation is 2. The molecule has 1 saturated heterocycles. The van der Waals surface area contributed by atoms with Gasteiger partial charge in [-0.3, -0.25) is 4.68 Å². The Kier molecular flexibility index (Phi) is 4.29. The molecule has 0 aromatic carbocycles. The molecular formula is C12H21N3S. The van der Waals surface area contributed by atoms with Crippen LogP contribution in [-0.2, 0) is 13.6 Å². The quantitative estimate of drug-likeness (QED) is 0.872. The number of rotatable bonds is 4. The fourth-order valence-corrected chi connectivity index (χ4v) is 3.43. The van der Waals surface area contributed by atoms with Crippen LogP contribution < -0.4 is 5.32 Å². The largest absolute Gasteiger partial charge is 0.311 e. The van der Waals surface area contributed by atoms with Crippen LogP contribution in [0.5, 0.6) is 0 Å². The number of hydrogen-bond donors (Lipinski definition) is 1. The highest BCUT2D eigenvalue weighted by Gasteiger charge is 2.13. The molecule has 0 radical (unpaired) electrons. The van der Waals surface area contributed by atoms with E-state index in [-0.39, 0.29) is 0 Å². The second kappa shape index (κ2) is 5.73. The van der Waals surface area contributed by atoms with E-state index in [9.17, 15) is 0 Å². The van der Waals surface area contributed by atoms with Crippen LogP contribution in [0.3, 0.4) is 0 Å². The summed E-state index contributed by atoms with van der Waals surface area (Å²) in [6.07, 6.45) is 6.30. The van der Waals surface area contributed by atoms with Crippen molar-refractivity contribution in [3.63, 3.8) is 0 Å². The molecule has 0 amide bonds. The third-order valence-electron chi connectivity index (χ3n) is 3.08. The minimum Gasteiger partial charge on any atom is -0.311 e. The lowest BCUT2D eigenvalue weighted by Crippen LogP contribution is -2.26. The molecule has 2 rings (SSSR count). The normalized spacial score (nSPS) is 21.2. The Labute approximate surface area is 102 Å². The van der Waals surface area contributed by atoms with E-state index < -0.39 is 0 Å². The lowest BCUT2D eigenvalue weighted by molar-refractivity contribution is 0.597. The van der Waals surface area contributed by atoms with Crippen LogP contribution in [0.1, 0.15) is 30.5 Å². The lowest BCUT2D eigenvalue weighted by Gasteiger charge is -2.21. The highest BCUT2D eigenvalue weighted by Crippen LogP contribution is 2.24. The molecule has 3 nitrogen and oxygen atoms in total. The molecule has 1 aromatic rings. The SMILES string of the molecule is Cc1nn(C)cc1CNCC1CCCCS1. The van der Waals surface area contributed by atoms with Gasteiger partial charge in [0, 0.05) is 37.1 Å². The summed E-state index contributed by atoms with van der Waals surface area (Å²) < 4.78 is 1.89. The summed E-state index contributed by atoms with van der Waals surface area (Å²) in [5, 5.41) is 8.72. The molecule has 1 aromatic heterocycles. The molecule has 0 saturated carbocycles. The fraction of sp³-hybridized carbons (Fsp3) is 0.750. The molecule has 90 valence electrons. The zero-order valence-corrected chi connectivity index (χ0v) is 11.0. The van der Waals surface area contributed by atoms with Crippen LogP contribution in [0, 0.1) is 6.92 Å². The van der Waals surface area contributed by atoms with Gasteiger partial charge in [0.15, 0.2) is 0 Å². The van der Waals surface area contributed by atoms with Gasteiger partial charge < -0.3 is 5.32 Å². The minimum atomic E-state index is 0.825. The molecular weight excluding hydrogens is 218 g/mol. The molecule has 16 heavy (non-hydrogen) atoms. The standard InChI is InChI=1S/C12H21N3S/c1-10-11(9-15(2)14-10)7-13-8-12-5-3-4-6-16-12/h9,12-13H,3-8H2,1-2H3. The molecule has 0 spiro atoms. The second-order valence-corrected chi connectivity index (χ2v) is 5.94. The van der Waals surface area contributed by atoms with Gasteiger partial charge in [-0.05, 0) is 25.5 Å². The topological polar surface area (TPSA) is 29.9 Å². The number of aromatic nitrogens is 2. The van der Waals surface area contributed by atoms with E-state index in [1.165, 1.54) is 30.6 Å². The van der Waals surface area contributed by atoms with Crippen molar-refractivity contribution in [1.82, 2.24) is 15.1 Å². The maximum Gasteiger partial charge on any atom is 0.0638 e. The van der Waals surface area contributed by atoms with Crippen LogP contribution in [0.15, 0.2) is 6.20 Å². The molecule has 1 aliphatic rings. The summed E-state index contributed by atoms with van der Waals surface area (Å²) in [5.74, 6) is 1.35. The molecule has 1 atom stereocenters. The molecule has 1 aliphatic heterocycles.